The van der Waals surface area contributed by atoms with Gasteiger partial charge in [-0.3, -0.25) is 20.4 Å². The van der Waals surface area contributed by atoms with Gasteiger partial charge in [0.1, 0.15) is 11.6 Å². The van der Waals surface area contributed by atoms with Crippen LogP contribution in [0.1, 0.15) is 31.1 Å². The molecule has 2 rings (SSSR count). The molecule has 10 heteroatoms. The summed E-state index contributed by atoms with van der Waals surface area (Å²) in [4.78, 5) is 24.4. The molecule has 0 spiro atoms. The van der Waals surface area contributed by atoms with E-state index in [0.29, 0.717) is 18.8 Å². The number of rotatable bonds is 8. The smallest absolute Gasteiger partial charge is 0.279 e. The highest BCUT2D eigenvalue weighted by atomic mass is 32.2. The number of nitrogens with zero attached hydrogens (tertiary/aromatic N) is 1. The Labute approximate surface area is 175 Å². The van der Waals surface area contributed by atoms with E-state index >= 15 is 0 Å². The van der Waals surface area contributed by atoms with Crippen LogP contribution in [0.15, 0.2) is 53.4 Å². The van der Waals surface area contributed by atoms with Crippen LogP contribution in [0, 0.1) is 5.82 Å². The van der Waals surface area contributed by atoms with E-state index in [0.717, 1.165) is 0 Å². The van der Waals surface area contributed by atoms with Gasteiger partial charge in [0, 0.05) is 18.7 Å². The predicted octanol–water partition coefficient (Wildman–Crippen LogP) is 2.08. The summed E-state index contributed by atoms with van der Waals surface area (Å²) in [7, 11) is -3.62. The lowest BCUT2D eigenvalue weighted by molar-refractivity contribution is -0.128. The molecule has 0 saturated carbocycles. The minimum Gasteiger partial charge on any atom is -0.481 e. The average molecular weight is 437 g/mol. The maximum Gasteiger partial charge on any atom is 0.279 e. The molecule has 8 nitrogen and oxygen atoms in total. The van der Waals surface area contributed by atoms with Crippen molar-refractivity contribution in [2.24, 2.45) is 0 Å². The molecule has 2 N–H and O–H groups in total. The van der Waals surface area contributed by atoms with Crippen molar-refractivity contribution in [1.82, 2.24) is 15.2 Å². The van der Waals surface area contributed by atoms with Gasteiger partial charge in [0.25, 0.3) is 11.8 Å². The Bertz CT molecular complexity index is 975. The van der Waals surface area contributed by atoms with Crippen LogP contribution in [0.5, 0.6) is 5.75 Å². The lowest BCUT2D eigenvalue weighted by Gasteiger charge is -2.18. The average Bonchev–Trinajstić information content (AvgIpc) is 2.74. The molecule has 0 aliphatic carbocycles. The number of halogens is 1. The van der Waals surface area contributed by atoms with Crippen molar-refractivity contribution in [3.63, 3.8) is 0 Å². The number of amides is 2. The van der Waals surface area contributed by atoms with Crippen molar-refractivity contribution in [1.29, 1.82) is 0 Å². The van der Waals surface area contributed by atoms with Crippen LogP contribution in [0.3, 0.4) is 0 Å². The van der Waals surface area contributed by atoms with Crippen molar-refractivity contribution in [2.75, 3.05) is 13.1 Å². The summed E-state index contributed by atoms with van der Waals surface area (Å²) in [6.45, 7) is 5.63. The Hall–Kier alpha value is -2.98. The van der Waals surface area contributed by atoms with Gasteiger partial charge in [0.2, 0.25) is 10.0 Å². The fourth-order valence-corrected chi connectivity index (χ4v) is 4.01. The highest BCUT2D eigenvalue weighted by Gasteiger charge is 2.22. The first kappa shape index (κ1) is 23.3. The van der Waals surface area contributed by atoms with Crippen LogP contribution >= 0.6 is 0 Å². The molecule has 2 amide bonds. The second-order valence-electron chi connectivity index (χ2n) is 6.27. The lowest BCUT2D eigenvalue weighted by Crippen LogP contribution is -2.47. The topological polar surface area (TPSA) is 105 Å². The van der Waals surface area contributed by atoms with Crippen molar-refractivity contribution in [2.45, 2.75) is 31.8 Å². The highest BCUT2D eigenvalue weighted by Crippen LogP contribution is 2.16. The number of carbonyl (C=O) groups is 2. The summed E-state index contributed by atoms with van der Waals surface area (Å²) in [5.74, 6) is -1.37. The third-order valence-corrected chi connectivity index (χ3v) is 6.32. The summed E-state index contributed by atoms with van der Waals surface area (Å²) in [5.41, 5.74) is 4.64. The molecular weight excluding hydrogens is 413 g/mol. The molecule has 0 aliphatic rings. The van der Waals surface area contributed by atoms with Crippen LogP contribution in [0.2, 0.25) is 0 Å². The molecule has 0 aromatic heterocycles. The van der Waals surface area contributed by atoms with E-state index in [1.807, 2.05) is 0 Å². The summed E-state index contributed by atoms with van der Waals surface area (Å²) < 4.78 is 44.5. The molecule has 0 fully saturated rings. The SMILES string of the molecule is CCN(CC)S(=O)(=O)c1ccc(C(=O)NNC(=O)C(C)Oc2ccc(F)cc2)cc1. The van der Waals surface area contributed by atoms with Gasteiger partial charge < -0.3 is 4.74 Å². The van der Waals surface area contributed by atoms with Crippen LogP contribution < -0.4 is 15.6 Å². The van der Waals surface area contributed by atoms with E-state index < -0.39 is 33.8 Å². The Morgan fingerprint density at radius 1 is 1.00 bits per heavy atom. The van der Waals surface area contributed by atoms with Gasteiger partial charge >= 0.3 is 0 Å². The minimum absolute atomic E-state index is 0.0769. The molecule has 2 aromatic carbocycles. The number of hydrogen-bond acceptors (Lipinski definition) is 5. The molecule has 0 saturated heterocycles. The first-order valence-corrected chi connectivity index (χ1v) is 10.8. The highest BCUT2D eigenvalue weighted by molar-refractivity contribution is 7.89. The second-order valence-corrected chi connectivity index (χ2v) is 8.21. The molecule has 30 heavy (non-hydrogen) atoms. The number of hydrazine groups is 1. The Balaban J connectivity index is 1.94. The van der Waals surface area contributed by atoms with Crippen molar-refractivity contribution in [3.05, 3.63) is 59.9 Å². The maximum atomic E-state index is 12.9. The predicted molar refractivity (Wildman–Crippen MR) is 109 cm³/mol. The maximum absolute atomic E-state index is 12.9. The van der Waals surface area contributed by atoms with Crippen LogP contribution in [0.25, 0.3) is 0 Å². The van der Waals surface area contributed by atoms with E-state index in [9.17, 15) is 22.4 Å². The summed E-state index contributed by atoms with van der Waals surface area (Å²) >= 11 is 0. The third-order valence-electron chi connectivity index (χ3n) is 4.25. The zero-order chi connectivity index (χ0) is 22.3. The number of carbonyl (C=O) groups excluding carboxylic acids is 2. The Kier molecular flexibility index (Phi) is 7.90. The number of ether oxygens (including phenoxy) is 1. The number of nitrogens with one attached hydrogen (secondary N) is 2. The van der Waals surface area contributed by atoms with Gasteiger partial charge in [0.05, 0.1) is 4.90 Å². The minimum atomic E-state index is -3.62. The first-order chi connectivity index (χ1) is 14.2. The van der Waals surface area contributed by atoms with E-state index in [2.05, 4.69) is 10.9 Å². The second kappa shape index (κ2) is 10.2. The fourth-order valence-electron chi connectivity index (χ4n) is 2.55. The standard InChI is InChI=1S/C20H24FN3O5S/c1-4-24(5-2)30(27,28)18-12-6-15(7-13-18)20(26)23-22-19(25)14(3)29-17-10-8-16(21)9-11-17/h6-14H,4-5H2,1-3H3,(H,22,25)(H,23,26). The molecular formula is C20H24FN3O5S. The summed E-state index contributed by atoms with van der Waals surface area (Å²) in [5, 5.41) is 0. The zero-order valence-corrected chi connectivity index (χ0v) is 17.7. The normalized spacial score (nSPS) is 12.3. The molecule has 2 aromatic rings. The van der Waals surface area contributed by atoms with E-state index in [4.69, 9.17) is 4.74 Å². The van der Waals surface area contributed by atoms with E-state index in [1.54, 1.807) is 13.8 Å². The first-order valence-electron chi connectivity index (χ1n) is 9.31. The largest absolute Gasteiger partial charge is 0.481 e. The molecule has 162 valence electrons. The van der Waals surface area contributed by atoms with Gasteiger partial charge in [0.15, 0.2) is 6.10 Å². The van der Waals surface area contributed by atoms with E-state index in [-0.39, 0.29) is 10.5 Å². The number of hydrogen-bond donors (Lipinski definition) is 2. The lowest BCUT2D eigenvalue weighted by atomic mass is 10.2. The van der Waals surface area contributed by atoms with Gasteiger partial charge in [-0.1, -0.05) is 13.8 Å². The molecule has 1 unspecified atom stereocenters. The molecule has 0 aliphatic heterocycles. The Morgan fingerprint density at radius 2 is 1.57 bits per heavy atom. The van der Waals surface area contributed by atoms with Gasteiger partial charge in [-0.05, 0) is 55.5 Å². The van der Waals surface area contributed by atoms with Crippen molar-refractivity contribution >= 4 is 21.8 Å². The van der Waals surface area contributed by atoms with Crippen molar-refractivity contribution < 1.29 is 27.1 Å². The van der Waals surface area contributed by atoms with Gasteiger partial charge in [-0.2, -0.15) is 4.31 Å². The summed E-state index contributed by atoms with van der Waals surface area (Å²) in [6, 6.07) is 10.6. The monoisotopic (exact) mass is 437 g/mol. The summed E-state index contributed by atoms with van der Waals surface area (Å²) in [6.07, 6.45) is -0.947. The molecule has 1 atom stereocenters. The molecule has 0 heterocycles. The number of benzene rings is 2. The number of sulfonamides is 1. The Morgan fingerprint density at radius 3 is 2.10 bits per heavy atom. The molecule has 0 bridgehead atoms. The van der Waals surface area contributed by atoms with Crippen LogP contribution in [0.4, 0.5) is 4.39 Å². The third kappa shape index (κ3) is 5.77. The van der Waals surface area contributed by atoms with Crippen LogP contribution in [-0.2, 0) is 14.8 Å². The van der Waals surface area contributed by atoms with Gasteiger partial charge in [-0.15, -0.1) is 0 Å². The van der Waals surface area contributed by atoms with Crippen molar-refractivity contribution in [3.8, 4) is 5.75 Å². The quantitative estimate of drug-likeness (QED) is 0.616. The molecule has 0 radical (unpaired) electrons. The van der Waals surface area contributed by atoms with Gasteiger partial charge in [-0.25, -0.2) is 12.8 Å². The van der Waals surface area contributed by atoms with E-state index in [1.165, 1.54) is 59.8 Å². The van der Waals surface area contributed by atoms with Crippen LogP contribution in [-0.4, -0.2) is 43.7 Å². The zero-order valence-electron chi connectivity index (χ0n) is 16.9. The fraction of sp³-hybridized carbons (Fsp3) is 0.300.